The minimum absolute atomic E-state index is 0.330. The highest BCUT2D eigenvalue weighted by Crippen LogP contribution is 2.33. The third-order valence-corrected chi connectivity index (χ3v) is 2.96. The zero-order valence-corrected chi connectivity index (χ0v) is 11.5. The molecule has 1 heterocycles. The largest absolute Gasteiger partial charge is 0.324 e. The second-order valence-corrected chi connectivity index (χ2v) is 4.57. The molecular weight excluding hydrogens is 265 g/mol. The first-order chi connectivity index (χ1) is 9.00. The number of anilines is 2. The summed E-state index contributed by atoms with van der Waals surface area (Å²) in [4.78, 5) is 5.98. The van der Waals surface area contributed by atoms with Crippen molar-refractivity contribution in [2.75, 3.05) is 19.0 Å². The molecule has 0 spiro atoms. The van der Waals surface area contributed by atoms with Gasteiger partial charge in [0.2, 0.25) is 0 Å². The lowest BCUT2D eigenvalue weighted by Crippen LogP contribution is -2.14. The molecule has 0 aliphatic carbocycles. The first kappa shape index (κ1) is 13.5. The number of rotatable bonds is 3. The molecule has 0 unspecified atom stereocenters. The Morgan fingerprint density at radius 3 is 2.58 bits per heavy atom. The van der Waals surface area contributed by atoms with E-state index < -0.39 is 0 Å². The number of benzene rings is 1. The van der Waals surface area contributed by atoms with Gasteiger partial charge >= 0.3 is 0 Å². The van der Waals surface area contributed by atoms with Gasteiger partial charge in [-0.05, 0) is 24.3 Å². The average molecular weight is 279 g/mol. The van der Waals surface area contributed by atoms with E-state index >= 15 is 0 Å². The summed E-state index contributed by atoms with van der Waals surface area (Å²) >= 11 is 5.88. The van der Waals surface area contributed by atoms with Gasteiger partial charge in [-0.1, -0.05) is 23.7 Å². The van der Waals surface area contributed by atoms with E-state index in [-0.39, 0.29) is 5.82 Å². The zero-order chi connectivity index (χ0) is 14.0. The van der Waals surface area contributed by atoms with E-state index in [1.54, 1.807) is 37.2 Å². The van der Waals surface area contributed by atoms with E-state index in [1.807, 2.05) is 12.1 Å². The number of nitrogens with zero attached hydrogens (tertiary/aromatic N) is 3. The molecule has 0 fully saturated rings. The second kappa shape index (κ2) is 5.36. The Morgan fingerprint density at radius 2 is 1.95 bits per heavy atom. The van der Waals surface area contributed by atoms with E-state index in [4.69, 9.17) is 11.6 Å². The highest BCUT2D eigenvalue weighted by Gasteiger charge is 2.20. The maximum atomic E-state index is 13.9. The van der Waals surface area contributed by atoms with Crippen LogP contribution in [0.2, 0.25) is 5.15 Å². The van der Waals surface area contributed by atoms with E-state index in [1.165, 1.54) is 10.6 Å². The Labute approximate surface area is 116 Å². The summed E-state index contributed by atoms with van der Waals surface area (Å²) in [7, 11) is 3.50. The summed E-state index contributed by atoms with van der Waals surface area (Å²) in [6.07, 6.45) is 0. The fraction of sp³-hybridized carbons (Fsp3) is 0.143. The lowest BCUT2D eigenvalue weighted by molar-refractivity contribution is -0.396. The average Bonchev–Trinajstić information content (AvgIpc) is 2.37. The molecule has 0 bridgehead atoms. The molecule has 0 amide bonds. The van der Waals surface area contributed by atoms with Gasteiger partial charge in [-0.2, -0.15) is 4.39 Å². The topological polar surface area (TPSA) is 19.1 Å². The van der Waals surface area contributed by atoms with Crippen molar-refractivity contribution in [1.82, 2.24) is 4.98 Å². The molecule has 2 aromatic rings. The smallest absolute Gasteiger partial charge is 0.264 e. The van der Waals surface area contributed by atoms with E-state index in [2.05, 4.69) is 11.7 Å². The Bertz CT molecular complexity index is 628. The van der Waals surface area contributed by atoms with Crippen LogP contribution in [0.1, 0.15) is 0 Å². The summed E-state index contributed by atoms with van der Waals surface area (Å²) in [6.45, 7) is 3.74. The van der Waals surface area contributed by atoms with Crippen molar-refractivity contribution in [3.63, 3.8) is 0 Å². The highest BCUT2D eigenvalue weighted by atomic mass is 35.5. The molecular formula is C14H14ClFN3+. The molecule has 98 valence electrons. The normalized spacial score (nSPS) is 10.3. The van der Waals surface area contributed by atoms with Gasteiger partial charge in [-0.25, -0.2) is 9.56 Å². The molecule has 0 N–H and O–H groups in total. The van der Waals surface area contributed by atoms with Crippen molar-refractivity contribution in [2.24, 2.45) is 0 Å². The van der Waals surface area contributed by atoms with Crippen LogP contribution in [0.15, 0.2) is 36.4 Å². The quantitative estimate of drug-likeness (QED) is 0.485. The molecule has 0 radical (unpaired) electrons. The lowest BCUT2D eigenvalue weighted by atomic mass is 10.2. The van der Waals surface area contributed by atoms with Crippen LogP contribution < -0.4 is 4.90 Å². The SMILES string of the molecule is C=[N+](C)c1c(F)cccc1N(C)c1cccc(Cl)n1. The third kappa shape index (κ3) is 2.74. The first-order valence-corrected chi connectivity index (χ1v) is 6.07. The predicted molar refractivity (Wildman–Crippen MR) is 76.7 cm³/mol. The van der Waals surface area contributed by atoms with Gasteiger partial charge in [0.1, 0.15) is 30.4 Å². The van der Waals surface area contributed by atoms with Crippen molar-refractivity contribution < 1.29 is 8.97 Å². The van der Waals surface area contributed by atoms with Crippen molar-refractivity contribution in [1.29, 1.82) is 0 Å². The number of hydrogen-bond donors (Lipinski definition) is 0. The summed E-state index contributed by atoms with van der Waals surface area (Å²) in [5, 5.41) is 0.394. The molecule has 19 heavy (non-hydrogen) atoms. The van der Waals surface area contributed by atoms with E-state index in [0.717, 1.165) is 0 Å². The molecule has 0 aliphatic heterocycles. The van der Waals surface area contributed by atoms with Crippen LogP contribution in [0.4, 0.5) is 21.6 Å². The molecule has 2 rings (SSSR count). The lowest BCUT2D eigenvalue weighted by Gasteiger charge is -2.19. The molecule has 5 heteroatoms. The number of para-hydroxylation sites is 1. The van der Waals surface area contributed by atoms with Crippen molar-refractivity contribution in [3.05, 3.63) is 47.4 Å². The summed E-state index contributed by atoms with van der Waals surface area (Å²) < 4.78 is 15.4. The molecule has 1 aromatic carbocycles. The highest BCUT2D eigenvalue weighted by molar-refractivity contribution is 6.29. The summed E-state index contributed by atoms with van der Waals surface area (Å²) in [6, 6.07) is 10.2. The van der Waals surface area contributed by atoms with E-state index in [0.29, 0.717) is 22.3 Å². The number of pyridine rings is 1. The minimum atomic E-state index is -0.330. The van der Waals surface area contributed by atoms with Crippen molar-refractivity contribution >= 4 is 35.5 Å². The Kier molecular flexibility index (Phi) is 3.81. The third-order valence-electron chi connectivity index (χ3n) is 2.75. The maximum Gasteiger partial charge on any atom is 0.264 e. The van der Waals surface area contributed by atoms with E-state index in [9.17, 15) is 4.39 Å². The Morgan fingerprint density at radius 1 is 1.26 bits per heavy atom. The van der Waals surface area contributed by atoms with Gasteiger partial charge in [0.25, 0.3) is 5.69 Å². The van der Waals surface area contributed by atoms with Gasteiger partial charge in [0.15, 0.2) is 5.82 Å². The minimum Gasteiger partial charge on any atom is -0.324 e. The fourth-order valence-corrected chi connectivity index (χ4v) is 2.02. The molecule has 1 aromatic heterocycles. The van der Waals surface area contributed by atoms with Crippen molar-refractivity contribution in [2.45, 2.75) is 0 Å². The molecule has 0 saturated carbocycles. The predicted octanol–water partition coefficient (Wildman–Crippen LogP) is 3.62. The van der Waals surface area contributed by atoms with Crippen molar-refractivity contribution in [3.8, 4) is 0 Å². The number of aromatic nitrogens is 1. The maximum absolute atomic E-state index is 13.9. The zero-order valence-electron chi connectivity index (χ0n) is 10.8. The molecule has 0 atom stereocenters. The fourth-order valence-electron chi connectivity index (χ4n) is 1.86. The second-order valence-electron chi connectivity index (χ2n) is 4.18. The van der Waals surface area contributed by atoms with Crippen LogP contribution in [0.25, 0.3) is 0 Å². The first-order valence-electron chi connectivity index (χ1n) is 5.69. The van der Waals surface area contributed by atoms with Gasteiger partial charge in [0, 0.05) is 7.05 Å². The van der Waals surface area contributed by atoms with Crippen LogP contribution in [0.3, 0.4) is 0 Å². The van der Waals surface area contributed by atoms with Crippen LogP contribution in [-0.2, 0) is 0 Å². The number of hydrogen-bond acceptors (Lipinski definition) is 2. The standard InChI is InChI=1S/C14H14ClFN3/c1-18(2)14-10(16)6-4-7-11(14)19(3)13-9-5-8-12(15)17-13/h4-9H,1H2,2-3H3/q+1. The van der Waals surface area contributed by atoms with Gasteiger partial charge in [-0.3, -0.25) is 0 Å². The summed E-state index contributed by atoms with van der Waals surface area (Å²) in [5.41, 5.74) is 1.08. The van der Waals surface area contributed by atoms with Crippen LogP contribution in [-0.4, -0.2) is 30.4 Å². The molecule has 3 nitrogen and oxygen atoms in total. The van der Waals surface area contributed by atoms with Gasteiger partial charge < -0.3 is 4.90 Å². The Balaban J connectivity index is 2.53. The van der Waals surface area contributed by atoms with Gasteiger partial charge in [-0.15, -0.1) is 0 Å². The van der Waals surface area contributed by atoms with Crippen LogP contribution in [0, 0.1) is 5.82 Å². The molecule has 0 saturated heterocycles. The van der Waals surface area contributed by atoms with Crippen LogP contribution in [0.5, 0.6) is 0 Å². The number of halogens is 2. The van der Waals surface area contributed by atoms with Crippen LogP contribution >= 0.6 is 11.6 Å². The summed E-state index contributed by atoms with van der Waals surface area (Å²) in [5.74, 6) is 0.310. The Hall–Kier alpha value is -1.94. The van der Waals surface area contributed by atoms with Gasteiger partial charge in [0.05, 0.1) is 0 Å². The molecule has 0 aliphatic rings. The monoisotopic (exact) mass is 278 g/mol.